The molecule has 1 saturated heterocycles. The maximum absolute atomic E-state index is 12.4. The van der Waals surface area contributed by atoms with Crippen LogP contribution in [-0.2, 0) is 16.1 Å². The van der Waals surface area contributed by atoms with E-state index in [0.29, 0.717) is 19.4 Å². The van der Waals surface area contributed by atoms with Crippen molar-refractivity contribution in [3.8, 4) is 0 Å². The summed E-state index contributed by atoms with van der Waals surface area (Å²) in [6.07, 6.45) is 0.0608. The molecule has 1 unspecified atom stereocenters. The smallest absolute Gasteiger partial charge is 0.412 e. The molecule has 126 valence electrons. The van der Waals surface area contributed by atoms with Crippen molar-refractivity contribution in [1.29, 1.82) is 0 Å². The van der Waals surface area contributed by atoms with Crippen molar-refractivity contribution in [3.05, 3.63) is 35.9 Å². The van der Waals surface area contributed by atoms with Gasteiger partial charge in [-0.05, 0) is 24.8 Å². The van der Waals surface area contributed by atoms with E-state index in [0.717, 1.165) is 16.9 Å². The second-order valence-electron chi connectivity index (χ2n) is 5.78. The van der Waals surface area contributed by atoms with E-state index in [4.69, 9.17) is 4.74 Å². The lowest BCUT2D eigenvalue weighted by atomic mass is 10.2. The Labute approximate surface area is 136 Å². The molecule has 0 bridgehead atoms. The standard InChI is InChI=1S/C17H24N2O4/c1-3-11-18(2)16(21)14-9-10-15(20)19(14)17(22)23-12-13-7-5-4-6-8-13/h4-8,14-15,20H,3,9-12H2,1-2H3/t14-,15?/m0/s1. The van der Waals surface area contributed by atoms with Gasteiger partial charge in [-0.15, -0.1) is 0 Å². The van der Waals surface area contributed by atoms with E-state index in [2.05, 4.69) is 0 Å². The van der Waals surface area contributed by atoms with E-state index in [1.807, 2.05) is 37.3 Å². The number of rotatable bonds is 5. The van der Waals surface area contributed by atoms with Crippen LogP contribution in [0.25, 0.3) is 0 Å². The van der Waals surface area contributed by atoms with Crippen LogP contribution in [0.3, 0.4) is 0 Å². The maximum Gasteiger partial charge on any atom is 0.412 e. The van der Waals surface area contributed by atoms with Crippen LogP contribution in [0.4, 0.5) is 4.79 Å². The average molecular weight is 320 g/mol. The molecule has 6 nitrogen and oxygen atoms in total. The summed E-state index contributed by atoms with van der Waals surface area (Å²) < 4.78 is 5.26. The highest BCUT2D eigenvalue weighted by Crippen LogP contribution is 2.25. The SMILES string of the molecule is CCCN(C)C(=O)[C@@H]1CCC(O)N1C(=O)OCc1ccccc1. The van der Waals surface area contributed by atoms with Crippen LogP contribution in [0, 0.1) is 0 Å². The van der Waals surface area contributed by atoms with Gasteiger partial charge in [0, 0.05) is 13.6 Å². The van der Waals surface area contributed by atoms with Gasteiger partial charge in [0.1, 0.15) is 18.9 Å². The van der Waals surface area contributed by atoms with Gasteiger partial charge in [0.15, 0.2) is 0 Å². The van der Waals surface area contributed by atoms with Gasteiger partial charge < -0.3 is 14.7 Å². The summed E-state index contributed by atoms with van der Waals surface area (Å²) in [7, 11) is 1.71. The number of nitrogens with zero attached hydrogens (tertiary/aromatic N) is 2. The molecule has 2 atom stereocenters. The molecule has 0 radical (unpaired) electrons. The molecule has 1 aromatic rings. The van der Waals surface area contributed by atoms with Gasteiger partial charge in [-0.2, -0.15) is 0 Å². The number of likely N-dealkylation sites (N-methyl/N-ethyl adjacent to an activating group) is 1. The Hall–Kier alpha value is -2.08. The van der Waals surface area contributed by atoms with Crippen molar-refractivity contribution in [1.82, 2.24) is 9.80 Å². The van der Waals surface area contributed by atoms with Crippen LogP contribution in [0.5, 0.6) is 0 Å². The Morgan fingerprint density at radius 1 is 1.30 bits per heavy atom. The molecule has 2 amide bonds. The molecular weight excluding hydrogens is 296 g/mol. The molecule has 1 N–H and O–H groups in total. The van der Waals surface area contributed by atoms with E-state index >= 15 is 0 Å². The molecule has 0 saturated carbocycles. The summed E-state index contributed by atoms with van der Waals surface area (Å²) in [4.78, 5) is 27.5. The Morgan fingerprint density at radius 2 is 2.00 bits per heavy atom. The zero-order chi connectivity index (χ0) is 16.8. The summed E-state index contributed by atoms with van der Waals surface area (Å²) in [5.74, 6) is -0.153. The van der Waals surface area contributed by atoms with Gasteiger partial charge in [-0.25, -0.2) is 4.79 Å². The lowest BCUT2D eigenvalue weighted by Crippen LogP contribution is -2.49. The van der Waals surface area contributed by atoms with E-state index < -0.39 is 18.4 Å². The number of aliphatic hydroxyl groups excluding tert-OH is 1. The van der Waals surface area contributed by atoms with Gasteiger partial charge in [-0.1, -0.05) is 37.3 Å². The second-order valence-corrected chi connectivity index (χ2v) is 5.78. The van der Waals surface area contributed by atoms with Gasteiger partial charge in [-0.3, -0.25) is 9.69 Å². The highest BCUT2D eigenvalue weighted by atomic mass is 16.6. The quantitative estimate of drug-likeness (QED) is 0.900. The lowest BCUT2D eigenvalue weighted by Gasteiger charge is -2.29. The number of hydrogen-bond acceptors (Lipinski definition) is 4. The molecule has 1 aromatic carbocycles. The fourth-order valence-electron chi connectivity index (χ4n) is 2.78. The molecule has 1 fully saturated rings. The number of carbonyl (C=O) groups is 2. The van der Waals surface area contributed by atoms with E-state index in [1.165, 1.54) is 0 Å². The minimum absolute atomic E-state index is 0.120. The molecule has 1 heterocycles. The van der Waals surface area contributed by atoms with Crippen molar-refractivity contribution in [2.45, 2.75) is 45.1 Å². The Balaban J connectivity index is 1.99. The van der Waals surface area contributed by atoms with Crippen molar-refractivity contribution in [3.63, 3.8) is 0 Å². The molecule has 0 aromatic heterocycles. The number of carbonyl (C=O) groups excluding carboxylic acids is 2. The van der Waals surface area contributed by atoms with Crippen LogP contribution in [-0.4, -0.2) is 52.8 Å². The van der Waals surface area contributed by atoms with Crippen molar-refractivity contribution >= 4 is 12.0 Å². The Kier molecular flexibility index (Phi) is 5.98. The zero-order valence-corrected chi connectivity index (χ0v) is 13.6. The van der Waals surface area contributed by atoms with E-state index in [-0.39, 0.29) is 12.5 Å². The first-order chi connectivity index (χ1) is 11.0. The summed E-state index contributed by atoms with van der Waals surface area (Å²) >= 11 is 0. The van der Waals surface area contributed by atoms with Crippen molar-refractivity contribution in [2.24, 2.45) is 0 Å². The van der Waals surface area contributed by atoms with E-state index in [9.17, 15) is 14.7 Å². The summed E-state index contributed by atoms with van der Waals surface area (Å²) in [5.41, 5.74) is 0.862. The number of aliphatic hydroxyl groups is 1. The first-order valence-corrected chi connectivity index (χ1v) is 7.96. The Morgan fingerprint density at radius 3 is 2.65 bits per heavy atom. The first kappa shape index (κ1) is 17.3. The maximum atomic E-state index is 12.4. The van der Waals surface area contributed by atoms with Gasteiger partial charge in [0.2, 0.25) is 5.91 Å². The minimum Gasteiger partial charge on any atom is -0.444 e. The largest absolute Gasteiger partial charge is 0.444 e. The molecule has 23 heavy (non-hydrogen) atoms. The van der Waals surface area contributed by atoms with Gasteiger partial charge in [0.05, 0.1) is 0 Å². The molecule has 2 rings (SSSR count). The average Bonchev–Trinajstić information content (AvgIpc) is 2.94. The van der Waals surface area contributed by atoms with Crippen LogP contribution in [0.1, 0.15) is 31.7 Å². The fraction of sp³-hybridized carbons (Fsp3) is 0.529. The van der Waals surface area contributed by atoms with Crippen molar-refractivity contribution in [2.75, 3.05) is 13.6 Å². The van der Waals surface area contributed by atoms with Crippen LogP contribution in [0.2, 0.25) is 0 Å². The monoisotopic (exact) mass is 320 g/mol. The number of hydrogen-bond donors (Lipinski definition) is 1. The highest BCUT2D eigenvalue weighted by Gasteiger charge is 2.42. The predicted molar refractivity (Wildman–Crippen MR) is 85.4 cm³/mol. The number of benzene rings is 1. The highest BCUT2D eigenvalue weighted by molar-refractivity contribution is 5.86. The Bertz CT molecular complexity index is 535. The molecule has 0 spiro atoms. The van der Waals surface area contributed by atoms with Crippen molar-refractivity contribution < 1.29 is 19.4 Å². The lowest BCUT2D eigenvalue weighted by molar-refractivity contribution is -0.136. The topological polar surface area (TPSA) is 70.1 Å². The molecular formula is C17H24N2O4. The molecule has 1 aliphatic heterocycles. The molecule has 1 aliphatic rings. The first-order valence-electron chi connectivity index (χ1n) is 7.96. The summed E-state index contributed by atoms with van der Waals surface area (Å²) in [6, 6.07) is 8.66. The van der Waals surface area contributed by atoms with Gasteiger partial charge >= 0.3 is 6.09 Å². The molecule has 6 heteroatoms. The third-order valence-corrected chi connectivity index (χ3v) is 3.99. The number of ether oxygens (including phenoxy) is 1. The summed E-state index contributed by atoms with van der Waals surface area (Å²) in [6.45, 7) is 2.73. The third kappa shape index (κ3) is 4.22. The zero-order valence-electron chi connectivity index (χ0n) is 13.6. The van der Waals surface area contributed by atoms with Crippen LogP contribution >= 0.6 is 0 Å². The summed E-state index contributed by atoms with van der Waals surface area (Å²) in [5, 5.41) is 10.0. The normalized spacial score (nSPS) is 20.4. The molecule has 0 aliphatic carbocycles. The minimum atomic E-state index is -0.970. The van der Waals surface area contributed by atoms with Crippen LogP contribution < -0.4 is 0 Å². The number of amides is 2. The number of likely N-dealkylation sites (tertiary alicyclic amines) is 1. The second kappa shape index (κ2) is 7.97. The predicted octanol–water partition coefficient (Wildman–Crippen LogP) is 1.97. The third-order valence-electron chi connectivity index (χ3n) is 3.99. The van der Waals surface area contributed by atoms with Gasteiger partial charge in [0.25, 0.3) is 0 Å². The van der Waals surface area contributed by atoms with E-state index in [1.54, 1.807) is 11.9 Å². The fourth-order valence-corrected chi connectivity index (χ4v) is 2.78. The van der Waals surface area contributed by atoms with Crippen LogP contribution in [0.15, 0.2) is 30.3 Å².